The Bertz CT molecular complexity index is 234. The van der Waals surface area contributed by atoms with Crippen molar-refractivity contribution in [2.75, 3.05) is 19.8 Å². The largest absolute Gasteiger partial charge is 0.437 e. The monoisotopic (exact) mass is 356 g/mol. The zero-order valence-electron chi connectivity index (χ0n) is 13.7. The van der Waals surface area contributed by atoms with E-state index in [4.69, 9.17) is 18.1 Å². The van der Waals surface area contributed by atoms with Crippen LogP contribution in [-0.4, -0.2) is 50.1 Å². The summed E-state index contributed by atoms with van der Waals surface area (Å²) in [5.41, 5.74) is 0. The molecule has 0 atom stereocenters. The summed E-state index contributed by atoms with van der Waals surface area (Å²) in [6.45, 7) is 16.7. The summed E-state index contributed by atoms with van der Waals surface area (Å²) in [5.74, 6) is 0. The average Bonchev–Trinajstić information content (AvgIpc) is 2.10. The zero-order valence-corrected chi connectivity index (χ0v) is 16.7. The lowest BCUT2D eigenvalue weighted by atomic mass is 10.5. The Balaban J connectivity index is -0.00000162. The zero-order chi connectivity index (χ0) is 15.2. The molecule has 0 saturated carbocycles. The molecule has 0 aromatic heterocycles. The van der Waals surface area contributed by atoms with E-state index in [9.17, 15) is 0 Å². The summed E-state index contributed by atoms with van der Waals surface area (Å²) < 4.78 is 18.1. The third kappa shape index (κ3) is 16.7. The van der Waals surface area contributed by atoms with Crippen molar-refractivity contribution in [3.8, 4) is 0 Å². The molecular weight excluding hydrogens is 316 g/mol. The van der Waals surface area contributed by atoms with E-state index in [1.165, 1.54) is 0 Å². The van der Waals surface area contributed by atoms with Gasteiger partial charge in [-0.05, 0) is 58.3 Å². The molecule has 0 bridgehead atoms. The Morgan fingerprint density at radius 2 is 1.19 bits per heavy atom. The first-order valence-electron chi connectivity index (χ1n) is 7.06. The van der Waals surface area contributed by atoms with E-state index in [2.05, 4.69) is 45.8 Å². The Kier molecular flexibility index (Phi) is 13.9. The van der Waals surface area contributed by atoms with Crippen molar-refractivity contribution >= 4 is 25.2 Å². The van der Waals surface area contributed by atoms with Gasteiger partial charge in [0.25, 0.3) is 0 Å². The number of hydrogen-bond acceptors (Lipinski definition) is 4. The number of aliphatic hydroxyl groups is 1. The highest BCUT2D eigenvalue weighted by atomic mass is 28.5. The molecule has 1 N–H and O–H groups in total. The Labute approximate surface area is 136 Å². The van der Waals surface area contributed by atoms with Gasteiger partial charge in [0.15, 0.2) is 16.6 Å². The molecule has 21 heavy (non-hydrogen) atoms. The van der Waals surface area contributed by atoms with Crippen LogP contribution in [0.4, 0.5) is 0 Å². The van der Waals surface area contributed by atoms with Gasteiger partial charge in [0.2, 0.25) is 0 Å². The number of ether oxygens (including phenoxy) is 1. The van der Waals surface area contributed by atoms with Crippen molar-refractivity contribution in [3.05, 3.63) is 0 Å². The second-order valence-electron chi connectivity index (χ2n) is 7.00. The third-order valence-electron chi connectivity index (χ3n) is 2.20. The number of hydrogen-bond donors (Lipinski definition) is 1. The summed E-state index contributed by atoms with van der Waals surface area (Å²) in [4.78, 5) is 0. The lowest BCUT2D eigenvalue weighted by Gasteiger charge is -2.38. The Morgan fingerprint density at radius 3 is 1.52 bits per heavy atom. The summed E-state index contributed by atoms with van der Waals surface area (Å²) in [6.07, 6.45) is 0.942. The van der Waals surface area contributed by atoms with Crippen molar-refractivity contribution in [3.63, 3.8) is 0 Å². The minimum absolute atomic E-state index is 0. The molecule has 0 radical (unpaired) electrons. The fourth-order valence-electron chi connectivity index (χ4n) is 2.08. The Morgan fingerprint density at radius 1 is 0.762 bits per heavy atom. The van der Waals surface area contributed by atoms with Gasteiger partial charge in [-0.1, -0.05) is 14.9 Å². The van der Waals surface area contributed by atoms with Gasteiger partial charge in [-0.2, -0.15) is 0 Å². The lowest BCUT2D eigenvalue weighted by molar-refractivity contribution is 0.0919. The molecule has 4 nitrogen and oxygen atoms in total. The van der Waals surface area contributed by atoms with Crippen LogP contribution in [0.2, 0.25) is 51.9 Å². The maximum Gasteiger partial charge on any atom is 0.314 e. The summed E-state index contributed by atoms with van der Waals surface area (Å²) in [7, 11) is -5.28. The van der Waals surface area contributed by atoms with Gasteiger partial charge < -0.3 is 18.1 Å². The van der Waals surface area contributed by atoms with Crippen molar-refractivity contribution < 1.29 is 18.1 Å². The SMILES string of the molecule is C.C.C[Si](C)(C)O[Si](C)(CCCOCCO)O[Si](C)(C)C. The van der Waals surface area contributed by atoms with Crippen LogP contribution in [0.3, 0.4) is 0 Å². The lowest BCUT2D eigenvalue weighted by Crippen LogP contribution is -2.52. The van der Waals surface area contributed by atoms with Crippen LogP contribution in [0.25, 0.3) is 0 Å². The molecule has 0 aliphatic rings. The first-order chi connectivity index (χ1) is 8.47. The maximum absolute atomic E-state index is 8.68. The fourth-order valence-corrected chi connectivity index (χ4v) is 14.6. The fraction of sp³-hybridized carbons (Fsp3) is 1.00. The highest BCUT2D eigenvalue weighted by Gasteiger charge is 2.39. The van der Waals surface area contributed by atoms with Crippen LogP contribution in [0.5, 0.6) is 0 Å². The van der Waals surface area contributed by atoms with Gasteiger partial charge in [-0.15, -0.1) is 0 Å². The molecule has 0 aliphatic heterocycles. The van der Waals surface area contributed by atoms with E-state index >= 15 is 0 Å². The topological polar surface area (TPSA) is 47.9 Å². The van der Waals surface area contributed by atoms with E-state index in [0.29, 0.717) is 13.2 Å². The molecule has 0 heterocycles. The maximum atomic E-state index is 8.68. The molecular formula is C14H40O4Si3. The van der Waals surface area contributed by atoms with E-state index < -0.39 is 25.2 Å². The van der Waals surface area contributed by atoms with Crippen molar-refractivity contribution in [1.82, 2.24) is 0 Å². The van der Waals surface area contributed by atoms with Crippen LogP contribution >= 0.6 is 0 Å². The van der Waals surface area contributed by atoms with Crippen molar-refractivity contribution in [2.45, 2.75) is 73.1 Å². The summed E-state index contributed by atoms with van der Waals surface area (Å²) in [5, 5.41) is 8.68. The molecule has 0 rings (SSSR count). The van der Waals surface area contributed by atoms with Gasteiger partial charge in [0, 0.05) is 6.61 Å². The van der Waals surface area contributed by atoms with Crippen molar-refractivity contribution in [2.24, 2.45) is 0 Å². The standard InChI is InChI=1S/C12H32O4Si3.2CH4/c1-17(2,3)15-19(7,16-18(4,5)6)12-8-10-14-11-9-13;;/h13H,8-12H2,1-7H3;2*1H4. The van der Waals surface area contributed by atoms with E-state index in [1.807, 2.05) is 0 Å². The van der Waals surface area contributed by atoms with E-state index in [-0.39, 0.29) is 21.5 Å². The number of aliphatic hydroxyl groups excluding tert-OH is 1. The van der Waals surface area contributed by atoms with Gasteiger partial charge in [0.05, 0.1) is 13.2 Å². The van der Waals surface area contributed by atoms with Gasteiger partial charge in [-0.25, -0.2) is 0 Å². The van der Waals surface area contributed by atoms with Crippen LogP contribution in [0.15, 0.2) is 0 Å². The van der Waals surface area contributed by atoms with Crippen LogP contribution in [0.1, 0.15) is 21.3 Å². The molecule has 7 heteroatoms. The number of rotatable bonds is 10. The first-order valence-corrected chi connectivity index (χ1v) is 16.4. The normalized spacial score (nSPS) is 12.6. The van der Waals surface area contributed by atoms with Crippen LogP contribution in [-0.2, 0) is 13.0 Å². The summed E-state index contributed by atoms with van der Waals surface area (Å²) in [6, 6.07) is 0.965. The molecule has 0 fully saturated rings. The van der Waals surface area contributed by atoms with Gasteiger partial charge in [-0.3, -0.25) is 0 Å². The highest BCUT2D eigenvalue weighted by molar-refractivity contribution is 6.87. The van der Waals surface area contributed by atoms with Crippen LogP contribution in [0, 0.1) is 0 Å². The Hall–Kier alpha value is 0.491. The summed E-state index contributed by atoms with van der Waals surface area (Å²) >= 11 is 0. The van der Waals surface area contributed by atoms with E-state index in [0.717, 1.165) is 12.5 Å². The average molecular weight is 357 g/mol. The molecule has 0 aromatic carbocycles. The predicted molar refractivity (Wildman–Crippen MR) is 101 cm³/mol. The molecule has 0 spiro atoms. The smallest absolute Gasteiger partial charge is 0.314 e. The first kappa shape index (κ1) is 26.4. The minimum atomic E-state index is -2.10. The third-order valence-corrected chi connectivity index (χ3v) is 11.8. The molecule has 0 saturated heterocycles. The van der Waals surface area contributed by atoms with Gasteiger partial charge >= 0.3 is 8.56 Å². The predicted octanol–water partition coefficient (Wildman–Crippen LogP) is 4.43. The van der Waals surface area contributed by atoms with E-state index in [1.54, 1.807) is 0 Å². The molecule has 132 valence electrons. The molecule has 0 amide bonds. The van der Waals surface area contributed by atoms with Crippen molar-refractivity contribution in [1.29, 1.82) is 0 Å². The highest BCUT2D eigenvalue weighted by Crippen LogP contribution is 2.25. The molecule has 0 aromatic rings. The van der Waals surface area contributed by atoms with Gasteiger partial charge in [0.1, 0.15) is 0 Å². The second-order valence-corrected chi connectivity index (χ2v) is 19.9. The van der Waals surface area contributed by atoms with Crippen LogP contribution < -0.4 is 0 Å². The molecule has 0 aliphatic carbocycles. The minimum Gasteiger partial charge on any atom is -0.437 e. The molecule has 0 unspecified atom stereocenters. The second kappa shape index (κ2) is 11.1. The quantitative estimate of drug-likeness (QED) is 0.464.